The minimum Gasteiger partial charge on any atom is -0.463 e. The smallest absolute Gasteiger partial charge is 0.306 e. The summed E-state index contributed by atoms with van der Waals surface area (Å²) in [6.45, 7) is 5.77. The van der Waals surface area contributed by atoms with Crippen LogP contribution in [0, 0.1) is 12.8 Å². The Balaban J connectivity index is 1.73. The van der Waals surface area contributed by atoms with E-state index in [4.69, 9.17) is 4.74 Å². The summed E-state index contributed by atoms with van der Waals surface area (Å²) in [4.78, 5) is 23.7. The Hall–Kier alpha value is -2.46. The van der Waals surface area contributed by atoms with Crippen molar-refractivity contribution >= 4 is 11.8 Å². The Kier molecular flexibility index (Phi) is 10.5. The van der Waals surface area contributed by atoms with Crippen molar-refractivity contribution in [3.05, 3.63) is 71.3 Å². The number of hydrogen-bond donors (Lipinski definition) is 1. The van der Waals surface area contributed by atoms with Crippen LogP contribution in [0.2, 0.25) is 0 Å². The number of carbonyl (C=O) groups is 2. The van der Waals surface area contributed by atoms with E-state index in [1.165, 1.54) is 11.1 Å². The van der Waals surface area contributed by atoms with Gasteiger partial charge >= 0.3 is 5.97 Å². The highest BCUT2D eigenvalue weighted by Crippen LogP contribution is 2.26. The van der Waals surface area contributed by atoms with Crippen molar-refractivity contribution in [2.45, 2.75) is 77.9 Å². The van der Waals surface area contributed by atoms with E-state index in [-0.39, 0.29) is 23.8 Å². The van der Waals surface area contributed by atoms with Gasteiger partial charge in [0, 0.05) is 17.9 Å². The summed E-state index contributed by atoms with van der Waals surface area (Å²) in [6.07, 6.45) is 13.8. The fourth-order valence-corrected chi connectivity index (χ4v) is 3.67. The predicted molar refractivity (Wildman–Crippen MR) is 125 cm³/mol. The lowest BCUT2D eigenvalue weighted by Gasteiger charge is -2.11. The lowest BCUT2D eigenvalue weighted by Crippen LogP contribution is -2.10. The molecule has 1 aliphatic carbocycles. The Morgan fingerprint density at radius 2 is 2.06 bits per heavy atom. The molecule has 0 aromatic heterocycles. The second kappa shape index (κ2) is 13.1. The van der Waals surface area contributed by atoms with Crippen molar-refractivity contribution in [1.82, 2.24) is 0 Å². The second-order valence-electron chi connectivity index (χ2n) is 8.54. The number of allylic oxidation sites excluding steroid dienone is 5. The Labute approximate surface area is 186 Å². The molecule has 1 aromatic carbocycles. The SMILES string of the molecule is Cc1cccc(CC[C@H](O)C/C=C2/C(=O)C=C[C@@H]2C/C=C\CCCC(=O)OC(C)C)c1. The van der Waals surface area contributed by atoms with Gasteiger partial charge in [0.15, 0.2) is 5.78 Å². The summed E-state index contributed by atoms with van der Waals surface area (Å²) in [5, 5.41) is 10.4. The largest absolute Gasteiger partial charge is 0.463 e. The summed E-state index contributed by atoms with van der Waals surface area (Å²) in [7, 11) is 0. The number of aryl methyl sites for hydroxylation is 2. The maximum atomic E-state index is 12.2. The number of hydrogen-bond acceptors (Lipinski definition) is 4. The molecule has 0 saturated carbocycles. The minimum atomic E-state index is -0.455. The third kappa shape index (κ3) is 9.48. The first-order chi connectivity index (χ1) is 14.8. The molecule has 0 unspecified atom stereocenters. The summed E-state index contributed by atoms with van der Waals surface area (Å²) < 4.78 is 5.12. The number of rotatable bonds is 12. The molecular formula is C27H36O4. The van der Waals surface area contributed by atoms with Crippen LogP contribution < -0.4 is 0 Å². The molecule has 1 aromatic rings. The highest BCUT2D eigenvalue weighted by Gasteiger charge is 2.22. The van der Waals surface area contributed by atoms with E-state index in [1.807, 2.05) is 32.1 Å². The number of esters is 1. The zero-order valence-corrected chi connectivity index (χ0v) is 19.0. The van der Waals surface area contributed by atoms with Gasteiger partial charge in [-0.1, -0.05) is 54.1 Å². The number of ketones is 1. The van der Waals surface area contributed by atoms with Crippen molar-refractivity contribution in [2.24, 2.45) is 5.92 Å². The Morgan fingerprint density at radius 1 is 1.26 bits per heavy atom. The van der Waals surface area contributed by atoms with Gasteiger partial charge in [0.05, 0.1) is 12.2 Å². The summed E-state index contributed by atoms with van der Waals surface area (Å²) in [5.74, 6) is -0.0433. The molecule has 0 saturated heterocycles. The van der Waals surface area contributed by atoms with Crippen LogP contribution in [0.25, 0.3) is 0 Å². The molecule has 168 valence electrons. The maximum absolute atomic E-state index is 12.2. The van der Waals surface area contributed by atoms with Gasteiger partial charge in [-0.25, -0.2) is 0 Å². The van der Waals surface area contributed by atoms with Gasteiger partial charge in [-0.15, -0.1) is 0 Å². The van der Waals surface area contributed by atoms with Crippen molar-refractivity contribution in [1.29, 1.82) is 0 Å². The van der Waals surface area contributed by atoms with Crippen LogP contribution in [0.1, 0.15) is 63.5 Å². The minimum absolute atomic E-state index is 0.0423. The van der Waals surface area contributed by atoms with E-state index in [1.54, 1.807) is 6.08 Å². The summed E-state index contributed by atoms with van der Waals surface area (Å²) in [6, 6.07) is 8.33. The second-order valence-corrected chi connectivity index (χ2v) is 8.54. The number of ether oxygens (including phenoxy) is 1. The molecule has 0 radical (unpaired) electrons. The van der Waals surface area contributed by atoms with Crippen molar-refractivity contribution in [3.8, 4) is 0 Å². The van der Waals surface area contributed by atoms with Crippen LogP contribution in [-0.4, -0.2) is 29.1 Å². The quantitative estimate of drug-likeness (QED) is 0.210. The van der Waals surface area contributed by atoms with Gasteiger partial charge < -0.3 is 9.84 Å². The molecule has 2 atom stereocenters. The molecule has 1 aliphatic rings. The Morgan fingerprint density at radius 3 is 2.81 bits per heavy atom. The normalized spacial score (nSPS) is 18.4. The number of aliphatic hydroxyl groups is 1. The molecule has 0 bridgehead atoms. The summed E-state index contributed by atoms with van der Waals surface area (Å²) >= 11 is 0. The van der Waals surface area contributed by atoms with Gasteiger partial charge in [-0.3, -0.25) is 9.59 Å². The fraction of sp³-hybridized carbons (Fsp3) is 0.481. The van der Waals surface area contributed by atoms with Crippen LogP contribution >= 0.6 is 0 Å². The highest BCUT2D eigenvalue weighted by atomic mass is 16.5. The molecular weight excluding hydrogens is 388 g/mol. The third-order valence-corrected chi connectivity index (χ3v) is 5.30. The van der Waals surface area contributed by atoms with Crippen LogP contribution in [-0.2, 0) is 20.7 Å². The molecule has 4 heteroatoms. The Bertz CT molecular complexity index is 816. The van der Waals surface area contributed by atoms with Crippen molar-refractivity contribution in [2.75, 3.05) is 0 Å². The average molecular weight is 425 g/mol. The number of benzene rings is 1. The van der Waals surface area contributed by atoms with Gasteiger partial charge in [0.1, 0.15) is 0 Å². The standard InChI is InChI=1S/C27H36O4/c1-20(2)31-27(30)12-7-5-4-6-11-23-14-18-26(29)25(23)17-16-24(28)15-13-22-10-8-9-21(3)19-22/h4,6,8-10,14,17-20,23-24,28H,5,7,11-13,15-16H2,1-3H3/b6-4-,25-17+/t23-,24-/m0/s1. The molecule has 4 nitrogen and oxygen atoms in total. The first-order valence-electron chi connectivity index (χ1n) is 11.4. The zero-order valence-electron chi connectivity index (χ0n) is 19.0. The molecule has 31 heavy (non-hydrogen) atoms. The van der Waals surface area contributed by atoms with Crippen LogP contribution in [0.3, 0.4) is 0 Å². The zero-order chi connectivity index (χ0) is 22.6. The molecule has 2 rings (SSSR count). The van der Waals surface area contributed by atoms with E-state index < -0.39 is 6.10 Å². The van der Waals surface area contributed by atoms with E-state index >= 15 is 0 Å². The van der Waals surface area contributed by atoms with Crippen LogP contribution in [0.15, 0.2) is 60.2 Å². The average Bonchev–Trinajstić information content (AvgIpc) is 3.06. The molecule has 1 N–H and O–H groups in total. The predicted octanol–water partition coefficient (Wildman–Crippen LogP) is 5.43. The molecule has 0 spiro atoms. The van der Waals surface area contributed by atoms with Crippen molar-refractivity contribution < 1.29 is 19.4 Å². The first kappa shape index (κ1) is 24.8. The van der Waals surface area contributed by atoms with Crippen LogP contribution in [0.4, 0.5) is 0 Å². The lowest BCUT2D eigenvalue weighted by molar-refractivity contribution is -0.147. The fourth-order valence-electron chi connectivity index (χ4n) is 3.67. The molecule has 0 fully saturated rings. The summed E-state index contributed by atoms with van der Waals surface area (Å²) in [5.41, 5.74) is 3.23. The van der Waals surface area contributed by atoms with Gasteiger partial charge in [-0.2, -0.15) is 0 Å². The van der Waals surface area contributed by atoms with E-state index in [0.717, 1.165) is 31.3 Å². The first-order valence-corrected chi connectivity index (χ1v) is 11.4. The topological polar surface area (TPSA) is 63.6 Å². The van der Waals surface area contributed by atoms with Gasteiger partial charge in [0.25, 0.3) is 0 Å². The van der Waals surface area contributed by atoms with Crippen LogP contribution in [0.5, 0.6) is 0 Å². The monoisotopic (exact) mass is 424 g/mol. The molecule has 0 heterocycles. The number of carbonyl (C=O) groups excluding carboxylic acids is 2. The number of aliphatic hydroxyl groups excluding tert-OH is 1. The van der Waals surface area contributed by atoms with E-state index in [0.29, 0.717) is 19.3 Å². The molecule has 0 aliphatic heterocycles. The van der Waals surface area contributed by atoms with Gasteiger partial charge in [-0.05, 0) is 70.9 Å². The van der Waals surface area contributed by atoms with E-state index in [2.05, 4.69) is 37.3 Å². The van der Waals surface area contributed by atoms with Gasteiger partial charge in [0.2, 0.25) is 0 Å². The van der Waals surface area contributed by atoms with E-state index in [9.17, 15) is 14.7 Å². The van der Waals surface area contributed by atoms with Crippen molar-refractivity contribution in [3.63, 3.8) is 0 Å². The lowest BCUT2D eigenvalue weighted by atomic mass is 9.95. The third-order valence-electron chi connectivity index (χ3n) is 5.30. The maximum Gasteiger partial charge on any atom is 0.306 e. The molecule has 0 amide bonds. The highest BCUT2D eigenvalue weighted by molar-refractivity contribution is 6.07. The number of unbranched alkanes of at least 4 members (excludes halogenated alkanes) is 1.